The minimum Gasteiger partial charge on any atom is -0.457 e. The van der Waals surface area contributed by atoms with Crippen molar-refractivity contribution in [1.29, 1.82) is 0 Å². The van der Waals surface area contributed by atoms with E-state index in [1.54, 1.807) is 0 Å². The van der Waals surface area contributed by atoms with Crippen LogP contribution < -0.4 is 9.47 Å². The molecule has 0 aromatic heterocycles. The Balaban J connectivity index is 0.000000577. The first kappa shape index (κ1) is 24.3. The summed E-state index contributed by atoms with van der Waals surface area (Å²) in [5, 5.41) is 0. The van der Waals surface area contributed by atoms with Gasteiger partial charge in [0, 0.05) is 0 Å². The van der Waals surface area contributed by atoms with Crippen LogP contribution >= 0.6 is 0 Å². The quantitative estimate of drug-likeness (QED) is 0.451. The van der Waals surface area contributed by atoms with Crippen LogP contribution in [0.25, 0.3) is 0 Å². The number of para-hydroxylation sites is 2. The lowest BCUT2D eigenvalue weighted by molar-refractivity contribution is 0.118. The number of aryl methyl sites for hydroxylation is 4. The van der Waals surface area contributed by atoms with Crippen molar-refractivity contribution in [3.8, 4) is 11.5 Å². The maximum Gasteiger partial charge on any atom is 0.230 e. The SMILES string of the molecule is C.C.Cc1ccc(C)cc1.Cc1ccccc1OCOc1ccccc1C. The smallest absolute Gasteiger partial charge is 0.230 e. The van der Waals surface area contributed by atoms with Gasteiger partial charge >= 0.3 is 0 Å². The number of hydrogen-bond acceptors (Lipinski definition) is 2. The average Bonchev–Trinajstić information content (AvgIpc) is 2.61. The molecule has 0 N–H and O–H groups in total. The van der Waals surface area contributed by atoms with Gasteiger partial charge in [0.25, 0.3) is 0 Å². The van der Waals surface area contributed by atoms with Crippen LogP contribution in [0.5, 0.6) is 11.5 Å². The predicted molar refractivity (Wildman–Crippen MR) is 118 cm³/mol. The molecule has 146 valence electrons. The van der Waals surface area contributed by atoms with Crippen LogP contribution in [0.4, 0.5) is 0 Å². The van der Waals surface area contributed by atoms with Gasteiger partial charge in [0.15, 0.2) is 0 Å². The Hall–Kier alpha value is -2.74. The second-order valence-corrected chi connectivity index (χ2v) is 6.09. The second kappa shape index (κ2) is 12.6. The normalized spacial score (nSPS) is 9.04. The number of rotatable bonds is 4. The molecule has 0 saturated carbocycles. The average molecular weight is 367 g/mol. The predicted octanol–water partition coefficient (Wildman–Crippen LogP) is 7.29. The third-order valence-corrected chi connectivity index (χ3v) is 3.83. The van der Waals surface area contributed by atoms with Crippen molar-refractivity contribution in [3.63, 3.8) is 0 Å². The minimum atomic E-state index is 0. The maximum atomic E-state index is 5.57. The Bertz CT molecular complexity index is 710. The van der Waals surface area contributed by atoms with Crippen LogP contribution in [0, 0.1) is 27.7 Å². The minimum absolute atomic E-state index is 0. The zero-order valence-corrected chi connectivity index (χ0v) is 15.5. The number of hydrogen-bond donors (Lipinski definition) is 0. The van der Waals surface area contributed by atoms with E-state index >= 15 is 0 Å². The van der Waals surface area contributed by atoms with E-state index in [1.807, 2.05) is 62.4 Å². The Labute approximate surface area is 165 Å². The molecule has 0 atom stereocenters. The van der Waals surface area contributed by atoms with Gasteiger partial charge < -0.3 is 9.47 Å². The number of benzene rings is 3. The van der Waals surface area contributed by atoms with E-state index in [0.717, 1.165) is 22.6 Å². The van der Waals surface area contributed by atoms with Gasteiger partial charge in [0.05, 0.1) is 0 Å². The van der Waals surface area contributed by atoms with E-state index in [2.05, 4.69) is 38.1 Å². The van der Waals surface area contributed by atoms with Gasteiger partial charge in [-0.3, -0.25) is 0 Å². The molecule has 3 aromatic rings. The summed E-state index contributed by atoms with van der Waals surface area (Å²) in [4.78, 5) is 0. The first-order valence-corrected chi connectivity index (χ1v) is 8.46. The molecular weight excluding hydrogens is 332 g/mol. The molecule has 0 bridgehead atoms. The van der Waals surface area contributed by atoms with Gasteiger partial charge in [-0.25, -0.2) is 0 Å². The monoisotopic (exact) mass is 366 g/mol. The Kier molecular flexibility index (Phi) is 11.3. The molecule has 0 heterocycles. The molecule has 0 spiro atoms. The molecule has 27 heavy (non-hydrogen) atoms. The fourth-order valence-corrected chi connectivity index (χ4v) is 2.23. The van der Waals surface area contributed by atoms with Gasteiger partial charge in [-0.1, -0.05) is 86.6 Å². The van der Waals surface area contributed by atoms with Gasteiger partial charge in [-0.05, 0) is 51.0 Å². The zero-order valence-electron chi connectivity index (χ0n) is 15.5. The van der Waals surface area contributed by atoms with Crippen molar-refractivity contribution in [2.24, 2.45) is 0 Å². The van der Waals surface area contributed by atoms with Crippen LogP contribution in [0.15, 0.2) is 72.8 Å². The molecule has 0 radical (unpaired) electrons. The van der Waals surface area contributed by atoms with Crippen molar-refractivity contribution >= 4 is 0 Å². The Morgan fingerprint density at radius 3 is 1.19 bits per heavy atom. The molecule has 0 unspecified atom stereocenters. The third kappa shape index (κ3) is 8.46. The van der Waals surface area contributed by atoms with Crippen LogP contribution in [0.1, 0.15) is 37.1 Å². The van der Waals surface area contributed by atoms with Crippen molar-refractivity contribution in [2.45, 2.75) is 42.5 Å². The van der Waals surface area contributed by atoms with Gasteiger partial charge in [0.2, 0.25) is 6.79 Å². The summed E-state index contributed by atoms with van der Waals surface area (Å²) in [6, 6.07) is 24.3. The highest BCUT2D eigenvalue weighted by molar-refractivity contribution is 5.33. The molecule has 3 rings (SSSR count). The first-order chi connectivity index (χ1) is 12.1. The van der Waals surface area contributed by atoms with E-state index in [9.17, 15) is 0 Å². The van der Waals surface area contributed by atoms with Crippen molar-refractivity contribution in [3.05, 3.63) is 95.1 Å². The van der Waals surface area contributed by atoms with E-state index in [-0.39, 0.29) is 21.6 Å². The lowest BCUT2D eigenvalue weighted by atomic mass is 10.2. The molecule has 2 heteroatoms. The lowest BCUT2D eigenvalue weighted by Crippen LogP contribution is -2.07. The van der Waals surface area contributed by atoms with Crippen molar-refractivity contribution in [2.75, 3.05) is 6.79 Å². The summed E-state index contributed by atoms with van der Waals surface area (Å²) in [6.07, 6.45) is 0. The highest BCUT2D eigenvalue weighted by Crippen LogP contribution is 2.19. The summed E-state index contributed by atoms with van der Waals surface area (Å²) in [5.74, 6) is 1.72. The Morgan fingerprint density at radius 1 is 0.519 bits per heavy atom. The van der Waals surface area contributed by atoms with Crippen molar-refractivity contribution < 1.29 is 9.47 Å². The largest absolute Gasteiger partial charge is 0.457 e. The summed E-state index contributed by atoms with van der Waals surface area (Å²) >= 11 is 0. The molecular formula is C25H34O2. The van der Waals surface area contributed by atoms with E-state index in [0.29, 0.717) is 0 Å². The van der Waals surface area contributed by atoms with Crippen LogP contribution in [0.3, 0.4) is 0 Å². The molecule has 0 aliphatic carbocycles. The third-order valence-electron chi connectivity index (χ3n) is 3.83. The molecule has 0 aliphatic heterocycles. The van der Waals surface area contributed by atoms with Crippen LogP contribution in [0.2, 0.25) is 0 Å². The highest BCUT2D eigenvalue weighted by Gasteiger charge is 2.00. The van der Waals surface area contributed by atoms with Crippen LogP contribution in [-0.2, 0) is 0 Å². The summed E-state index contributed by atoms with van der Waals surface area (Å²) in [6.45, 7) is 8.46. The van der Waals surface area contributed by atoms with Gasteiger partial charge in [0.1, 0.15) is 11.5 Å². The van der Waals surface area contributed by atoms with E-state index in [1.165, 1.54) is 11.1 Å². The highest BCUT2D eigenvalue weighted by atomic mass is 16.7. The van der Waals surface area contributed by atoms with Gasteiger partial charge in [-0.2, -0.15) is 0 Å². The standard InChI is InChI=1S/C15H16O2.C8H10.2CH4/c1-12-7-3-5-9-14(12)16-11-17-15-10-6-4-8-13(15)2;1-7-3-5-8(2)6-4-7;;/h3-10H,11H2,1-2H3;3-6H,1-2H3;2*1H4. The van der Waals surface area contributed by atoms with Gasteiger partial charge in [-0.15, -0.1) is 0 Å². The molecule has 0 amide bonds. The lowest BCUT2D eigenvalue weighted by Gasteiger charge is -2.11. The molecule has 2 nitrogen and oxygen atoms in total. The summed E-state index contributed by atoms with van der Waals surface area (Å²) < 4.78 is 11.1. The number of ether oxygens (including phenoxy) is 2. The van der Waals surface area contributed by atoms with E-state index < -0.39 is 0 Å². The topological polar surface area (TPSA) is 18.5 Å². The fourth-order valence-electron chi connectivity index (χ4n) is 2.23. The molecule has 0 saturated heterocycles. The summed E-state index contributed by atoms with van der Waals surface area (Å²) in [7, 11) is 0. The fraction of sp³-hybridized carbons (Fsp3) is 0.280. The van der Waals surface area contributed by atoms with Crippen molar-refractivity contribution in [1.82, 2.24) is 0 Å². The summed E-state index contributed by atoms with van der Waals surface area (Å²) in [5.41, 5.74) is 4.88. The first-order valence-electron chi connectivity index (χ1n) is 8.46. The maximum absolute atomic E-state index is 5.57. The second-order valence-electron chi connectivity index (χ2n) is 6.09. The molecule has 0 fully saturated rings. The zero-order chi connectivity index (χ0) is 18.1. The van der Waals surface area contributed by atoms with Crippen LogP contribution in [-0.4, -0.2) is 6.79 Å². The van der Waals surface area contributed by atoms with E-state index in [4.69, 9.17) is 9.47 Å². The molecule has 3 aromatic carbocycles. The molecule has 0 aliphatic rings. The Morgan fingerprint density at radius 2 is 0.852 bits per heavy atom.